The molecule has 2 rings (SSSR count). The molecule has 22 heavy (non-hydrogen) atoms. The van der Waals surface area contributed by atoms with Crippen LogP contribution in [-0.4, -0.2) is 24.2 Å². The van der Waals surface area contributed by atoms with Gasteiger partial charge in [-0.05, 0) is 18.9 Å². The van der Waals surface area contributed by atoms with E-state index in [1.54, 1.807) is 13.2 Å². The topological polar surface area (TPSA) is 61.6 Å². The number of rotatable bonds is 6. The zero-order valence-electron chi connectivity index (χ0n) is 13.1. The van der Waals surface area contributed by atoms with Crippen molar-refractivity contribution >= 4 is 0 Å². The van der Waals surface area contributed by atoms with Crippen molar-refractivity contribution in [3.05, 3.63) is 52.6 Å². The molecule has 120 valence electrons. The molecule has 1 aromatic rings. The molecule has 0 amide bonds. The molecular formula is C17H23NO4. The van der Waals surface area contributed by atoms with Crippen LogP contribution < -0.4 is 4.74 Å². The molecule has 1 aliphatic rings. The molecule has 0 bridgehead atoms. The molecular weight excluding hydrogens is 282 g/mol. The smallest absolute Gasteiger partial charge is 0.245 e. The van der Waals surface area contributed by atoms with Gasteiger partial charge in [0.15, 0.2) is 0 Å². The Kier molecular flexibility index (Phi) is 5.55. The maximum absolute atomic E-state index is 11.4. The van der Waals surface area contributed by atoms with Gasteiger partial charge in [0.1, 0.15) is 11.9 Å². The summed E-state index contributed by atoms with van der Waals surface area (Å²) in [6.07, 6.45) is 3.16. The van der Waals surface area contributed by atoms with Gasteiger partial charge in [0.05, 0.1) is 13.2 Å². The Hall–Kier alpha value is -1.88. The first-order valence-corrected chi connectivity index (χ1v) is 7.66. The van der Waals surface area contributed by atoms with E-state index < -0.39 is 12.1 Å². The number of nitrogens with zero attached hydrogens (tertiary/aromatic N) is 1. The molecule has 1 saturated heterocycles. The third kappa shape index (κ3) is 3.30. The third-order valence-electron chi connectivity index (χ3n) is 4.25. The summed E-state index contributed by atoms with van der Waals surface area (Å²) < 4.78 is 11.5. The first-order valence-electron chi connectivity index (χ1n) is 7.66. The van der Waals surface area contributed by atoms with Gasteiger partial charge in [0.2, 0.25) is 6.04 Å². The molecule has 0 spiro atoms. The highest BCUT2D eigenvalue weighted by atomic mass is 16.6. The van der Waals surface area contributed by atoms with Crippen LogP contribution in [0.1, 0.15) is 37.9 Å². The molecule has 0 aromatic heterocycles. The van der Waals surface area contributed by atoms with E-state index >= 15 is 0 Å². The Morgan fingerprint density at radius 2 is 2.23 bits per heavy atom. The van der Waals surface area contributed by atoms with Gasteiger partial charge in [-0.3, -0.25) is 10.1 Å². The zero-order valence-corrected chi connectivity index (χ0v) is 13.1. The van der Waals surface area contributed by atoms with Gasteiger partial charge in [-0.1, -0.05) is 37.6 Å². The lowest BCUT2D eigenvalue weighted by Crippen LogP contribution is -2.46. The van der Waals surface area contributed by atoms with Crippen LogP contribution in [0.15, 0.2) is 36.9 Å². The van der Waals surface area contributed by atoms with Crippen LogP contribution in [-0.2, 0) is 4.74 Å². The summed E-state index contributed by atoms with van der Waals surface area (Å²) in [5.74, 6) is 0.556. The van der Waals surface area contributed by atoms with E-state index in [2.05, 4.69) is 6.58 Å². The zero-order chi connectivity index (χ0) is 16.1. The van der Waals surface area contributed by atoms with Gasteiger partial charge in [-0.15, -0.1) is 6.58 Å². The van der Waals surface area contributed by atoms with Crippen molar-refractivity contribution in [3.8, 4) is 5.75 Å². The molecule has 1 aromatic carbocycles. The molecule has 5 nitrogen and oxygen atoms in total. The van der Waals surface area contributed by atoms with E-state index in [9.17, 15) is 10.1 Å². The average molecular weight is 305 g/mol. The van der Waals surface area contributed by atoms with Crippen LogP contribution in [0.3, 0.4) is 0 Å². The minimum atomic E-state index is -0.719. The van der Waals surface area contributed by atoms with Crippen LogP contribution in [0, 0.1) is 16.0 Å². The van der Waals surface area contributed by atoms with E-state index in [1.165, 1.54) is 0 Å². The molecule has 0 radical (unpaired) electrons. The summed E-state index contributed by atoms with van der Waals surface area (Å²) in [7, 11) is 1.62. The highest BCUT2D eigenvalue weighted by Crippen LogP contribution is 2.41. The maximum atomic E-state index is 11.4. The summed E-state index contributed by atoms with van der Waals surface area (Å²) >= 11 is 0. The van der Waals surface area contributed by atoms with Crippen molar-refractivity contribution in [2.24, 2.45) is 5.92 Å². The number of hydrogen-bond acceptors (Lipinski definition) is 4. The SMILES string of the molecule is C=C[C@H]1C[C@@H](c2ccccc2OC)O[C@H](CCC)[C@H]1[N+](=O)[O-]. The highest BCUT2D eigenvalue weighted by Gasteiger charge is 2.45. The number of methoxy groups -OCH3 is 1. The molecule has 1 heterocycles. The van der Waals surface area contributed by atoms with Gasteiger partial charge in [0.25, 0.3) is 0 Å². The minimum absolute atomic E-state index is 0.199. The van der Waals surface area contributed by atoms with Crippen molar-refractivity contribution in [1.82, 2.24) is 0 Å². The quantitative estimate of drug-likeness (QED) is 0.456. The largest absolute Gasteiger partial charge is 0.496 e. The van der Waals surface area contributed by atoms with Gasteiger partial charge in [0, 0.05) is 16.4 Å². The van der Waals surface area contributed by atoms with Crippen LogP contribution >= 0.6 is 0 Å². The maximum Gasteiger partial charge on any atom is 0.245 e. The third-order valence-corrected chi connectivity index (χ3v) is 4.25. The second-order valence-electron chi connectivity index (χ2n) is 5.61. The second-order valence-corrected chi connectivity index (χ2v) is 5.61. The van der Waals surface area contributed by atoms with E-state index in [-0.39, 0.29) is 16.9 Å². The molecule has 0 N–H and O–H groups in total. The lowest BCUT2D eigenvalue weighted by atomic mass is 9.83. The van der Waals surface area contributed by atoms with Gasteiger partial charge in [-0.2, -0.15) is 0 Å². The molecule has 1 aliphatic heterocycles. The molecule has 0 unspecified atom stereocenters. The molecule has 0 aliphatic carbocycles. The van der Waals surface area contributed by atoms with Crippen molar-refractivity contribution in [1.29, 1.82) is 0 Å². The van der Waals surface area contributed by atoms with Crippen LogP contribution in [0.25, 0.3) is 0 Å². The first kappa shape index (κ1) is 16.5. The Balaban J connectivity index is 2.31. The predicted molar refractivity (Wildman–Crippen MR) is 84.6 cm³/mol. The summed E-state index contributed by atoms with van der Waals surface area (Å²) in [6, 6.07) is 6.95. The Labute approximate surface area is 131 Å². The van der Waals surface area contributed by atoms with Crippen molar-refractivity contribution in [3.63, 3.8) is 0 Å². The molecule has 5 heteroatoms. The Bertz CT molecular complexity index is 531. The van der Waals surface area contributed by atoms with Gasteiger partial charge < -0.3 is 9.47 Å². The normalized spacial score (nSPS) is 28.1. The second kappa shape index (κ2) is 7.40. The van der Waals surface area contributed by atoms with E-state index in [0.717, 1.165) is 17.7 Å². The lowest BCUT2D eigenvalue weighted by Gasteiger charge is -2.36. The van der Waals surface area contributed by atoms with Crippen molar-refractivity contribution in [2.75, 3.05) is 7.11 Å². The standard InChI is InChI=1S/C17H23NO4/c1-4-8-15-17(18(19)20)12(5-2)11-16(22-15)13-9-6-7-10-14(13)21-3/h5-7,9-10,12,15-17H,2,4,8,11H2,1,3H3/t12-,15+,16-,17-/m0/s1. The number of ether oxygens (including phenoxy) is 2. The van der Waals surface area contributed by atoms with Crippen LogP contribution in [0.2, 0.25) is 0 Å². The molecule has 4 atom stereocenters. The predicted octanol–water partition coefficient (Wildman–Crippen LogP) is 3.77. The fourth-order valence-electron chi connectivity index (χ4n) is 3.19. The van der Waals surface area contributed by atoms with Crippen molar-refractivity contribution in [2.45, 2.75) is 44.4 Å². The number of hydrogen-bond donors (Lipinski definition) is 0. The molecule has 0 saturated carbocycles. The lowest BCUT2D eigenvalue weighted by molar-refractivity contribution is -0.550. The number of nitro groups is 1. The Morgan fingerprint density at radius 1 is 1.50 bits per heavy atom. The highest BCUT2D eigenvalue weighted by molar-refractivity contribution is 5.35. The van der Waals surface area contributed by atoms with Crippen molar-refractivity contribution < 1.29 is 14.4 Å². The fourth-order valence-corrected chi connectivity index (χ4v) is 3.19. The van der Waals surface area contributed by atoms with E-state index in [0.29, 0.717) is 12.8 Å². The monoisotopic (exact) mass is 305 g/mol. The fraction of sp³-hybridized carbons (Fsp3) is 0.529. The average Bonchev–Trinajstić information content (AvgIpc) is 2.54. The number of benzene rings is 1. The van der Waals surface area contributed by atoms with Gasteiger partial charge >= 0.3 is 0 Å². The van der Waals surface area contributed by atoms with Crippen LogP contribution in [0.4, 0.5) is 0 Å². The first-order chi connectivity index (χ1) is 10.6. The summed E-state index contributed by atoms with van der Waals surface area (Å²) in [4.78, 5) is 11.2. The van der Waals surface area contributed by atoms with E-state index in [4.69, 9.17) is 9.47 Å². The van der Waals surface area contributed by atoms with E-state index in [1.807, 2.05) is 31.2 Å². The summed E-state index contributed by atoms with van der Waals surface area (Å²) in [5, 5.41) is 11.4. The number of para-hydroxylation sites is 1. The van der Waals surface area contributed by atoms with Gasteiger partial charge in [-0.25, -0.2) is 0 Å². The Morgan fingerprint density at radius 3 is 2.82 bits per heavy atom. The minimum Gasteiger partial charge on any atom is -0.496 e. The summed E-state index contributed by atoms with van der Waals surface area (Å²) in [5.41, 5.74) is 0.944. The summed E-state index contributed by atoms with van der Waals surface area (Å²) in [6.45, 7) is 5.80. The molecule has 1 fully saturated rings. The van der Waals surface area contributed by atoms with Crippen LogP contribution in [0.5, 0.6) is 5.75 Å².